The molecule has 0 unspecified atom stereocenters. The number of ether oxygens (including phenoxy) is 1. The van der Waals surface area contributed by atoms with Gasteiger partial charge >= 0.3 is 0 Å². The third kappa shape index (κ3) is 5.57. The molecule has 1 aliphatic rings. The molecule has 0 radical (unpaired) electrons. The molecule has 0 aliphatic heterocycles. The van der Waals surface area contributed by atoms with E-state index in [1.165, 1.54) is 6.42 Å². The van der Waals surface area contributed by atoms with Crippen LogP contribution < -0.4 is 10.1 Å². The lowest BCUT2D eigenvalue weighted by atomic mass is 9.94. The van der Waals surface area contributed by atoms with E-state index in [0.717, 1.165) is 25.7 Å². The molecule has 1 aromatic carbocycles. The molecular formula is C20H25N3O4. The summed E-state index contributed by atoms with van der Waals surface area (Å²) in [6.07, 6.45) is 5.13. The molecule has 3 rings (SSSR count). The predicted octanol–water partition coefficient (Wildman–Crippen LogP) is 3.16. The molecule has 0 bridgehead atoms. The Morgan fingerprint density at radius 1 is 1.22 bits per heavy atom. The van der Waals surface area contributed by atoms with Crippen LogP contribution in [-0.2, 0) is 9.59 Å². The molecule has 0 saturated heterocycles. The Morgan fingerprint density at radius 2 is 1.96 bits per heavy atom. The standard InChI is InChI=1S/C20H25N3O4/c1-15-12-18(22-27-15)21-19(24)13-23(16-8-4-2-5-9-16)20(25)14-26-17-10-6-3-7-11-17/h3,6-7,10-12,16H,2,4-5,8-9,13-14H2,1H3,(H,21,22,24). The molecule has 1 fully saturated rings. The number of para-hydroxylation sites is 1. The van der Waals surface area contributed by atoms with Crippen LogP contribution in [0.15, 0.2) is 40.9 Å². The van der Waals surface area contributed by atoms with Gasteiger partial charge in [-0.3, -0.25) is 9.59 Å². The number of nitrogens with zero attached hydrogens (tertiary/aromatic N) is 2. The number of aryl methyl sites for hydroxylation is 1. The quantitative estimate of drug-likeness (QED) is 0.808. The number of carbonyl (C=O) groups excluding carboxylic acids is 2. The van der Waals surface area contributed by atoms with Crippen LogP contribution in [0.5, 0.6) is 5.75 Å². The number of hydrogen-bond donors (Lipinski definition) is 1. The summed E-state index contributed by atoms with van der Waals surface area (Å²) in [6, 6.07) is 10.9. The topological polar surface area (TPSA) is 84.7 Å². The summed E-state index contributed by atoms with van der Waals surface area (Å²) in [5.74, 6) is 1.13. The van der Waals surface area contributed by atoms with Crippen molar-refractivity contribution in [3.63, 3.8) is 0 Å². The summed E-state index contributed by atoms with van der Waals surface area (Å²) >= 11 is 0. The van der Waals surface area contributed by atoms with Crippen molar-refractivity contribution in [3.8, 4) is 5.75 Å². The summed E-state index contributed by atoms with van der Waals surface area (Å²) in [6.45, 7) is 1.64. The summed E-state index contributed by atoms with van der Waals surface area (Å²) < 4.78 is 10.5. The van der Waals surface area contributed by atoms with Gasteiger partial charge in [0.15, 0.2) is 12.4 Å². The molecule has 27 heavy (non-hydrogen) atoms. The summed E-state index contributed by atoms with van der Waals surface area (Å²) in [4.78, 5) is 26.9. The van der Waals surface area contributed by atoms with E-state index in [2.05, 4.69) is 10.5 Å². The minimum Gasteiger partial charge on any atom is -0.484 e. The maximum absolute atomic E-state index is 12.8. The first-order valence-corrected chi connectivity index (χ1v) is 9.32. The average molecular weight is 371 g/mol. The Labute approximate surface area is 158 Å². The van der Waals surface area contributed by atoms with E-state index in [0.29, 0.717) is 17.3 Å². The van der Waals surface area contributed by atoms with Crippen LogP contribution in [0, 0.1) is 6.92 Å². The van der Waals surface area contributed by atoms with Crippen LogP contribution in [0.3, 0.4) is 0 Å². The van der Waals surface area contributed by atoms with Gasteiger partial charge in [-0.2, -0.15) is 0 Å². The van der Waals surface area contributed by atoms with Gasteiger partial charge in [-0.05, 0) is 31.9 Å². The summed E-state index contributed by atoms with van der Waals surface area (Å²) in [7, 11) is 0. The Morgan fingerprint density at radius 3 is 2.63 bits per heavy atom. The first kappa shape index (κ1) is 18.9. The number of hydrogen-bond acceptors (Lipinski definition) is 5. The highest BCUT2D eigenvalue weighted by Crippen LogP contribution is 2.23. The number of aromatic nitrogens is 1. The largest absolute Gasteiger partial charge is 0.484 e. The molecule has 7 heteroatoms. The van der Waals surface area contributed by atoms with Gasteiger partial charge in [-0.15, -0.1) is 0 Å². The molecule has 1 heterocycles. The van der Waals surface area contributed by atoms with Crippen molar-refractivity contribution in [1.29, 1.82) is 0 Å². The van der Waals surface area contributed by atoms with Crippen molar-refractivity contribution in [2.75, 3.05) is 18.5 Å². The van der Waals surface area contributed by atoms with Gasteiger partial charge in [0.1, 0.15) is 18.1 Å². The minimum atomic E-state index is -0.290. The first-order chi connectivity index (χ1) is 13.1. The SMILES string of the molecule is Cc1cc(NC(=O)CN(C(=O)COc2ccccc2)C2CCCCC2)no1. The monoisotopic (exact) mass is 371 g/mol. The van der Waals surface area contributed by atoms with Crippen LogP contribution in [0.1, 0.15) is 37.9 Å². The Hall–Kier alpha value is -2.83. The Kier molecular flexibility index (Phi) is 6.46. The van der Waals surface area contributed by atoms with Gasteiger partial charge in [0.05, 0.1) is 0 Å². The molecule has 0 spiro atoms. The lowest BCUT2D eigenvalue weighted by Gasteiger charge is -2.33. The van der Waals surface area contributed by atoms with Crippen molar-refractivity contribution in [2.45, 2.75) is 45.1 Å². The van der Waals surface area contributed by atoms with E-state index in [4.69, 9.17) is 9.26 Å². The molecule has 2 amide bonds. The van der Waals surface area contributed by atoms with Crippen LogP contribution in [0.2, 0.25) is 0 Å². The molecule has 144 valence electrons. The number of anilines is 1. The highest BCUT2D eigenvalue weighted by molar-refractivity contribution is 5.94. The third-order valence-electron chi connectivity index (χ3n) is 4.65. The maximum Gasteiger partial charge on any atom is 0.261 e. The molecule has 7 nitrogen and oxygen atoms in total. The third-order valence-corrected chi connectivity index (χ3v) is 4.65. The van der Waals surface area contributed by atoms with Gasteiger partial charge in [0, 0.05) is 12.1 Å². The Bertz CT molecular complexity index is 754. The average Bonchev–Trinajstić information content (AvgIpc) is 3.10. The van der Waals surface area contributed by atoms with E-state index in [9.17, 15) is 9.59 Å². The fourth-order valence-corrected chi connectivity index (χ4v) is 3.32. The molecule has 1 saturated carbocycles. The second-order valence-corrected chi connectivity index (χ2v) is 6.79. The van der Waals surface area contributed by atoms with Gasteiger partial charge in [-0.1, -0.05) is 42.6 Å². The minimum absolute atomic E-state index is 0.0203. The lowest BCUT2D eigenvalue weighted by molar-refractivity contribution is -0.139. The Balaban J connectivity index is 1.62. The number of amides is 2. The predicted molar refractivity (Wildman–Crippen MR) is 100 cm³/mol. The summed E-state index contributed by atoms with van der Waals surface area (Å²) in [5, 5.41) is 6.44. The molecule has 2 aromatic rings. The van der Waals surface area contributed by atoms with Gasteiger partial charge in [0.2, 0.25) is 5.91 Å². The van der Waals surface area contributed by atoms with Crippen LogP contribution in [0.4, 0.5) is 5.82 Å². The van der Waals surface area contributed by atoms with E-state index < -0.39 is 0 Å². The van der Waals surface area contributed by atoms with E-state index in [1.807, 2.05) is 18.2 Å². The van der Waals surface area contributed by atoms with Crippen molar-refractivity contribution in [3.05, 3.63) is 42.2 Å². The molecule has 0 atom stereocenters. The zero-order valence-corrected chi connectivity index (χ0v) is 15.5. The van der Waals surface area contributed by atoms with Crippen LogP contribution >= 0.6 is 0 Å². The maximum atomic E-state index is 12.8. The van der Waals surface area contributed by atoms with Crippen LogP contribution in [-0.4, -0.2) is 41.1 Å². The molecular weight excluding hydrogens is 346 g/mol. The highest BCUT2D eigenvalue weighted by atomic mass is 16.5. The van der Waals surface area contributed by atoms with Crippen molar-refractivity contribution in [2.24, 2.45) is 0 Å². The second kappa shape index (κ2) is 9.21. The number of nitrogens with one attached hydrogen (secondary N) is 1. The van der Waals surface area contributed by atoms with E-state index in [-0.39, 0.29) is 31.0 Å². The van der Waals surface area contributed by atoms with Crippen molar-refractivity contribution < 1.29 is 18.8 Å². The van der Waals surface area contributed by atoms with Gasteiger partial charge in [0.25, 0.3) is 5.91 Å². The first-order valence-electron chi connectivity index (χ1n) is 9.32. The number of benzene rings is 1. The fraction of sp³-hybridized carbons (Fsp3) is 0.450. The molecule has 1 aromatic heterocycles. The van der Waals surface area contributed by atoms with Crippen molar-refractivity contribution in [1.82, 2.24) is 10.1 Å². The normalized spacial score (nSPS) is 14.6. The van der Waals surface area contributed by atoms with Crippen LogP contribution in [0.25, 0.3) is 0 Å². The smallest absolute Gasteiger partial charge is 0.261 e. The molecule has 1 N–H and O–H groups in total. The van der Waals surface area contributed by atoms with Crippen molar-refractivity contribution >= 4 is 17.6 Å². The van der Waals surface area contributed by atoms with E-state index in [1.54, 1.807) is 30.0 Å². The highest BCUT2D eigenvalue weighted by Gasteiger charge is 2.27. The lowest BCUT2D eigenvalue weighted by Crippen LogP contribution is -2.47. The summed E-state index contributed by atoms with van der Waals surface area (Å²) in [5.41, 5.74) is 0. The zero-order chi connectivity index (χ0) is 19.1. The molecule has 1 aliphatic carbocycles. The second-order valence-electron chi connectivity index (χ2n) is 6.79. The fourth-order valence-electron chi connectivity index (χ4n) is 3.32. The number of rotatable bonds is 7. The number of carbonyl (C=O) groups is 2. The van der Waals surface area contributed by atoms with E-state index >= 15 is 0 Å². The zero-order valence-electron chi connectivity index (χ0n) is 15.5. The van der Waals surface area contributed by atoms with Gasteiger partial charge < -0.3 is 19.5 Å². The van der Waals surface area contributed by atoms with Gasteiger partial charge in [-0.25, -0.2) is 0 Å².